The van der Waals surface area contributed by atoms with E-state index in [9.17, 15) is 9.59 Å². The molecule has 0 spiro atoms. The fourth-order valence-electron chi connectivity index (χ4n) is 4.37. The average molecular weight is 500 g/mol. The van der Waals surface area contributed by atoms with Gasteiger partial charge >= 0.3 is 0 Å². The molecule has 0 unspecified atom stereocenters. The second kappa shape index (κ2) is 10.8. The summed E-state index contributed by atoms with van der Waals surface area (Å²) in [6.07, 6.45) is 1.86. The fourth-order valence-corrected chi connectivity index (χ4v) is 4.37. The van der Waals surface area contributed by atoms with Crippen LogP contribution in [0.3, 0.4) is 0 Å². The van der Waals surface area contributed by atoms with E-state index in [1.54, 1.807) is 59.5 Å². The number of nitrogens with zero attached hydrogens (tertiary/aromatic N) is 3. The lowest BCUT2D eigenvalue weighted by Gasteiger charge is -2.37. The monoisotopic (exact) mass is 499 g/mol. The van der Waals surface area contributed by atoms with Gasteiger partial charge in [-0.2, -0.15) is 5.26 Å². The Labute approximate surface area is 216 Å². The summed E-state index contributed by atoms with van der Waals surface area (Å²) in [5.41, 5.74) is 1.67. The van der Waals surface area contributed by atoms with Gasteiger partial charge in [0.2, 0.25) is 0 Å². The van der Waals surface area contributed by atoms with Gasteiger partial charge in [-0.1, -0.05) is 18.2 Å². The van der Waals surface area contributed by atoms with E-state index < -0.39 is 5.67 Å². The molecule has 4 rings (SSSR count). The molecule has 1 aliphatic rings. The van der Waals surface area contributed by atoms with E-state index in [0.29, 0.717) is 33.8 Å². The van der Waals surface area contributed by atoms with Crippen LogP contribution >= 0.6 is 0 Å². The first kappa shape index (κ1) is 25.8. The second-order valence-electron chi connectivity index (χ2n) is 9.66. The molecular formula is C29H30FN5O2. The summed E-state index contributed by atoms with van der Waals surface area (Å²) in [4.78, 5) is 31.9. The first-order valence-electron chi connectivity index (χ1n) is 12.3. The van der Waals surface area contributed by atoms with Gasteiger partial charge in [0, 0.05) is 49.4 Å². The fraction of sp³-hybridized carbons (Fsp3) is 0.310. The molecule has 1 aliphatic heterocycles. The van der Waals surface area contributed by atoms with Crippen molar-refractivity contribution in [2.24, 2.45) is 0 Å². The predicted octanol–water partition coefficient (Wildman–Crippen LogP) is 5.44. The van der Waals surface area contributed by atoms with Crippen molar-refractivity contribution >= 4 is 23.3 Å². The summed E-state index contributed by atoms with van der Waals surface area (Å²) >= 11 is 0. The molecular weight excluding hydrogens is 469 g/mol. The Kier molecular flexibility index (Phi) is 7.53. The lowest BCUT2D eigenvalue weighted by molar-refractivity contribution is 0.0421. The van der Waals surface area contributed by atoms with Gasteiger partial charge in [-0.3, -0.25) is 9.59 Å². The lowest BCUT2D eigenvalue weighted by Crippen LogP contribution is -2.43. The van der Waals surface area contributed by atoms with Gasteiger partial charge in [0.1, 0.15) is 11.5 Å². The van der Waals surface area contributed by atoms with E-state index in [2.05, 4.69) is 15.6 Å². The molecule has 0 bridgehead atoms. The van der Waals surface area contributed by atoms with Crippen molar-refractivity contribution in [3.8, 4) is 6.07 Å². The Hall–Kier alpha value is -4.25. The molecule has 37 heavy (non-hydrogen) atoms. The molecule has 1 aromatic heterocycles. The predicted molar refractivity (Wildman–Crippen MR) is 141 cm³/mol. The minimum absolute atomic E-state index is 0.175. The summed E-state index contributed by atoms with van der Waals surface area (Å²) in [5, 5.41) is 15.0. The van der Waals surface area contributed by atoms with Crippen molar-refractivity contribution < 1.29 is 14.0 Å². The number of nitriles is 1. The molecule has 3 aromatic rings. The topological polar surface area (TPSA) is 98.1 Å². The van der Waals surface area contributed by atoms with Gasteiger partial charge in [0.15, 0.2) is 0 Å². The maximum atomic E-state index is 15.6. The third-order valence-electron chi connectivity index (χ3n) is 6.57. The Bertz CT molecular complexity index is 1320. The van der Waals surface area contributed by atoms with Crippen molar-refractivity contribution in [1.29, 1.82) is 5.26 Å². The minimum atomic E-state index is -1.54. The number of pyridine rings is 1. The highest BCUT2D eigenvalue weighted by atomic mass is 19.1. The molecule has 2 heterocycles. The molecule has 0 aliphatic carbocycles. The largest absolute Gasteiger partial charge is 0.368 e. The van der Waals surface area contributed by atoms with Gasteiger partial charge < -0.3 is 15.5 Å². The Morgan fingerprint density at radius 3 is 2.32 bits per heavy atom. The lowest BCUT2D eigenvalue weighted by atomic mass is 9.85. The molecule has 2 aromatic carbocycles. The zero-order valence-corrected chi connectivity index (χ0v) is 21.2. The van der Waals surface area contributed by atoms with Gasteiger partial charge in [-0.25, -0.2) is 9.37 Å². The third kappa shape index (κ3) is 5.95. The van der Waals surface area contributed by atoms with Crippen LogP contribution in [-0.4, -0.2) is 40.8 Å². The molecule has 190 valence electrons. The number of alkyl halides is 1. The summed E-state index contributed by atoms with van der Waals surface area (Å²) < 4.78 is 15.6. The number of halogens is 1. The van der Waals surface area contributed by atoms with Gasteiger partial charge in [0.05, 0.1) is 17.2 Å². The summed E-state index contributed by atoms with van der Waals surface area (Å²) in [6.45, 7) is 6.41. The SMILES string of the molecule is Cc1ccc(C(=O)N2CCC(F)(c3ccc(C#N)cc3)CC2)cc1NC(=O)c1ccc(NC(C)C)nc1. The number of aromatic nitrogens is 1. The van der Waals surface area contributed by atoms with Crippen molar-refractivity contribution in [3.05, 3.63) is 88.6 Å². The van der Waals surface area contributed by atoms with Crippen LogP contribution in [0.2, 0.25) is 0 Å². The van der Waals surface area contributed by atoms with E-state index >= 15 is 4.39 Å². The first-order valence-corrected chi connectivity index (χ1v) is 12.3. The quantitative estimate of drug-likeness (QED) is 0.471. The minimum Gasteiger partial charge on any atom is -0.368 e. The smallest absolute Gasteiger partial charge is 0.257 e. The standard InChI is InChI=1S/C29H30FN5O2/c1-19(2)33-26-11-8-23(18-32-26)27(36)34-25-16-22(7-4-20(25)3)28(37)35-14-12-29(30,13-15-35)24-9-5-21(17-31)6-10-24/h4-11,16,18-19H,12-15H2,1-3H3,(H,32,33)(H,34,36). The number of rotatable bonds is 6. The number of carbonyl (C=O) groups is 2. The van der Waals surface area contributed by atoms with E-state index in [4.69, 9.17) is 5.26 Å². The summed E-state index contributed by atoms with van der Waals surface area (Å²) in [5.74, 6) is 0.162. The molecule has 8 heteroatoms. The average Bonchev–Trinajstić information content (AvgIpc) is 2.90. The summed E-state index contributed by atoms with van der Waals surface area (Å²) in [6, 6.07) is 17.4. The maximum Gasteiger partial charge on any atom is 0.257 e. The van der Waals surface area contributed by atoms with Crippen molar-refractivity contribution in [3.63, 3.8) is 0 Å². The Balaban J connectivity index is 1.42. The van der Waals surface area contributed by atoms with Crippen LogP contribution in [0.15, 0.2) is 60.8 Å². The molecule has 0 radical (unpaired) electrons. The van der Waals surface area contributed by atoms with Crippen molar-refractivity contribution in [2.45, 2.75) is 45.3 Å². The molecule has 1 fully saturated rings. The highest BCUT2D eigenvalue weighted by Crippen LogP contribution is 2.37. The summed E-state index contributed by atoms with van der Waals surface area (Å²) in [7, 11) is 0. The molecule has 2 N–H and O–H groups in total. The molecule has 0 atom stereocenters. The molecule has 7 nitrogen and oxygen atoms in total. The zero-order chi connectivity index (χ0) is 26.6. The maximum absolute atomic E-state index is 15.6. The van der Waals surface area contributed by atoms with E-state index in [0.717, 1.165) is 5.56 Å². The number of likely N-dealkylation sites (tertiary alicyclic amines) is 1. The van der Waals surface area contributed by atoms with Crippen molar-refractivity contribution in [1.82, 2.24) is 9.88 Å². The third-order valence-corrected chi connectivity index (χ3v) is 6.57. The van der Waals surface area contributed by atoms with Crippen LogP contribution in [-0.2, 0) is 5.67 Å². The van der Waals surface area contributed by atoms with Gasteiger partial charge in [0.25, 0.3) is 11.8 Å². The van der Waals surface area contributed by atoms with Crippen LogP contribution in [0, 0.1) is 18.3 Å². The van der Waals surface area contributed by atoms with Crippen LogP contribution in [0.4, 0.5) is 15.9 Å². The number of hydrogen-bond donors (Lipinski definition) is 2. The highest BCUT2D eigenvalue weighted by molar-refractivity contribution is 6.05. The van der Waals surface area contributed by atoms with E-state index in [1.165, 1.54) is 6.20 Å². The number of piperidine rings is 1. The number of carbonyl (C=O) groups excluding carboxylic acids is 2. The number of nitrogens with one attached hydrogen (secondary N) is 2. The second-order valence-corrected chi connectivity index (χ2v) is 9.66. The van der Waals surface area contributed by atoms with E-state index in [1.807, 2.05) is 26.8 Å². The Morgan fingerprint density at radius 2 is 1.73 bits per heavy atom. The van der Waals surface area contributed by atoms with Gasteiger partial charge in [-0.05, 0) is 68.3 Å². The normalized spacial score (nSPS) is 14.6. The van der Waals surface area contributed by atoms with Crippen molar-refractivity contribution in [2.75, 3.05) is 23.7 Å². The molecule has 1 saturated heterocycles. The Morgan fingerprint density at radius 1 is 1.05 bits per heavy atom. The van der Waals surface area contributed by atoms with Crippen LogP contribution in [0.5, 0.6) is 0 Å². The first-order chi connectivity index (χ1) is 17.7. The van der Waals surface area contributed by atoms with Crippen LogP contribution < -0.4 is 10.6 Å². The molecule has 0 saturated carbocycles. The number of hydrogen-bond acceptors (Lipinski definition) is 5. The number of anilines is 2. The van der Waals surface area contributed by atoms with Gasteiger partial charge in [-0.15, -0.1) is 0 Å². The van der Waals surface area contributed by atoms with Crippen LogP contribution in [0.25, 0.3) is 0 Å². The number of aryl methyl sites for hydroxylation is 1. The molecule has 2 amide bonds. The number of benzene rings is 2. The zero-order valence-electron chi connectivity index (χ0n) is 21.2. The highest BCUT2D eigenvalue weighted by Gasteiger charge is 2.37. The van der Waals surface area contributed by atoms with E-state index in [-0.39, 0.29) is 43.8 Å². The number of amides is 2. The van der Waals surface area contributed by atoms with Crippen LogP contribution in [0.1, 0.15) is 64.1 Å².